The van der Waals surface area contributed by atoms with Crippen LogP contribution in [-0.4, -0.2) is 44.7 Å². The number of nitrogens with zero attached hydrogens (tertiary/aromatic N) is 4. The molecule has 7 nitrogen and oxygen atoms in total. The number of rotatable bonds is 9. The van der Waals surface area contributed by atoms with Gasteiger partial charge in [0.15, 0.2) is 0 Å². The minimum absolute atomic E-state index is 0.0952. The molecule has 1 amide bonds. The number of benzene rings is 1. The summed E-state index contributed by atoms with van der Waals surface area (Å²) < 4.78 is 15.5. The summed E-state index contributed by atoms with van der Waals surface area (Å²) in [6.07, 6.45) is 5.93. The van der Waals surface area contributed by atoms with Gasteiger partial charge in [-0.2, -0.15) is 0 Å². The Hall–Kier alpha value is -3.13. The van der Waals surface area contributed by atoms with E-state index in [2.05, 4.69) is 15.3 Å². The van der Waals surface area contributed by atoms with Crippen molar-refractivity contribution >= 4 is 5.91 Å². The first-order valence-electron chi connectivity index (χ1n) is 9.88. The SMILES string of the molecule is CC(C)(Cc1nc(-c2cnccn2)cn1Cc1ccccc1)C(=O)NC[C@H](F)CN. The van der Waals surface area contributed by atoms with E-state index in [0.29, 0.717) is 24.4 Å². The zero-order valence-corrected chi connectivity index (χ0v) is 17.3. The highest BCUT2D eigenvalue weighted by Gasteiger charge is 2.30. The zero-order valence-electron chi connectivity index (χ0n) is 17.3. The van der Waals surface area contributed by atoms with Gasteiger partial charge in [0.2, 0.25) is 5.91 Å². The van der Waals surface area contributed by atoms with E-state index in [-0.39, 0.29) is 19.0 Å². The van der Waals surface area contributed by atoms with Crippen molar-refractivity contribution < 1.29 is 9.18 Å². The maximum Gasteiger partial charge on any atom is 0.226 e. The molecule has 1 aromatic carbocycles. The summed E-state index contributed by atoms with van der Waals surface area (Å²) >= 11 is 0. The second-order valence-electron chi connectivity index (χ2n) is 7.85. The third-order valence-corrected chi connectivity index (χ3v) is 4.84. The standard InChI is InChI=1S/C22H27FN6O/c1-22(2,21(30)27-12-17(23)11-24)10-20-28-19(18-13-25-8-9-26-18)15-29(20)14-16-6-4-3-5-7-16/h3-9,13,15,17H,10-12,14,24H2,1-2H3,(H,27,30)/t17-/m1/s1. The number of aromatic nitrogens is 4. The molecular weight excluding hydrogens is 383 g/mol. The van der Waals surface area contributed by atoms with Gasteiger partial charge in [-0.05, 0) is 5.56 Å². The first-order chi connectivity index (χ1) is 14.4. The van der Waals surface area contributed by atoms with Crippen molar-refractivity contribution in [1.82, 2.24) is 24.8 Å². The highest BCUT2D eigenvalue weighted by Crippen LogP contribution is 2.25. The molecule has 30 heavy (non-hydrogen) atoms. The average molecular weight is 410 g/mol. The molecule has 0 aliphatic heterocycles. The van der Waals surface area contributed by atoms with Crippen LogP contribution in [0.25, 0.3) is 11.4 Å². The second kappa shape index (κ2) is 9.58. The van der Waals surface area contributed by atoms with Crippen molar-refractivity contribution in [2.24, 2.45) is 11.1 Å². The number of hydrogen-bond donors (Lipinski definition) is 2. The fourth-order valence-corrected chi connectivity index (χ4v) is 3.07. The van der Waals surface area contributed by atoms with Crippen LogP contribution in [0.4, 0.5) is 4.39 Å². The lowest BCUT2D eigenvalue weighted by Crippen LogP contribution is -2.42. The van der Waals surface area contributed by atoms with Crippen LogP contribution in [0.1, 0.15) is 25.2 Å². The van der Waals surface area contributed by atoms with Gasteiger partial charge in [-0.1, -0.05) is 44.2 Å². The third-order valence-electron chi connectivity index (χ3n) is 4.84. The van der Waals surface area contributed by atoms with Gasteiger partial charge < -0.3 is 15.6 Å². The van der Waals surface area contributed by atoms with Crippen molar-refractivity contribution in [1.29, 1.82) is 0 Å². The predicted molar refractivity (Wildman–Crippen MR) is 113 cm³/mol. The molecule has 0 unspecified atom stereocenters. The number of halogens is 1. The molecular formula is C22H27FN6O. The summed E-state index contributed by atoms with van der Waals surface area (Å²) in [5.74, 6) is 0.504. The lowest BCUT2D eigenvalue weighted by Gasteiger charge is -2.24. The van der Waals surface area contributed by atoms with Gasteiger partial charge in [0, 0.05) is 38.1 Å². The Morgan fingerprint density at radius 3 is 2.67 bits per heavy atom. The Bertz CT molecular complexity index is 958. The number of carbonyl (C=O) groups is 1. The molecule has 0 aliphatic rings. The smallest absolute Gasteiger partial charge is 0.226 e. The van der Waals surface area contributed by atoms with E-state index >= 15 is 0 Å². The number of amides is 1. The normalized spacial score (nSPS) is 12.5. The largest absolute Gasteiger partial charge is 0.353 e. The first kappa shape index (κ1) is 21.6. The van der Waals surface area contributed by atoms with Gasteiger partial charge >= 0.3 is 0 Å². The van der Waals surface area contributed by atoms with Crippen LogP contribution in [-0.2, 0) is 17.8 Å². The van der Waals surface area contributed by atoms with Gasteiger partial charge in [-0.3, -0.25) is 14.8 Å². The Labute approximate surface area is 175 Å². The molecule has 1 atom stereocenters. The van der Waals surface area contributed by atoms with Crippen LogP contribution in [0.3, 0.4) is 0 Å². The van der Waals surface area contributed by atoms with Crippen molar-refractivity contribution in [3.8, 4) is 11.4 Å². The van der Waals surface area contributed by atoms with Crippen molar-refractivity contribution in [3.05, 3.63) is 66.5 Å². The molecule has 2 heterocycles. The highest BCUT2D eigenvalue weighted by atomic mass is 19.1. The number of alkyl halides is 1. The predicted octanol–water partition coefficient (Wildman–Crippen LogP) is 2.37. The van der Waals surface area contributed by atoms with Crippen molar-refractivity contribution in [3.63, 3.8) is 0 Å². The quantitative estimate of drug-likeness (QED) is 0.564. The molecule has 8 heteroatoms. The summed E-state index contributed by atoms with van der Waals surface area (Å²) in [6.45, 7) is 4.04. The van der Waals surface area contributed by atoms with Crippen molar-refractivity contribution in [2.75, 3.05) is 13.1 Å². The lowest BCUT2D eigenvalue weighted by atomic mass is 9.87. The fraction of sp³-hybridized carbons (Fsp3) is 0.364. The number of carbonyl (C=O) groups excluding carboxylic acids is 1. The molecule has 158 valence electrons. The lowest BCUT2D eigenvalue weighted by molar-refractivity contribution is -0.129. The minimum Gasteiger partial charge on any atom is -0.353 e. The fourth-order valence-electron chi connectivity index (χ4n) is 3.07. The van der Waals surface area contributed by atoms with E-state index < -0.39 is 11.6 Å². The van der Waals surface area contributed by atoms with E-state index in [1.165, 1.54) is 0 Å². The monoisotopic (exact) mass is 410 g/mol. The van der Waals surface area contributed by atoms with Crippen LogP contribution in [0.2, 0.25) is 0 Å². The van der Waals surface area contributed by atoms with Crippen molar-refractivity contribution in [2.45, 2.75) is 33.0 Å². The second-order valence-corrected chi connectivity index (χ2v) is 7.85. The summed E-state index contributed by atoms with van der Waals surface area (Å²) in [4.78, 5) is 25.8. The Balaban J connectivity index is 1.86. The molecule has 3 aromatic rings. The van der Waals surface area contributed by atoms with E-state index in [0.717, 1.165) is 11.4 Å². The number of hydrogen-bond acceptors (Lipinski definition) is 5. The molecule has 0 bridgehead atoms. The van der Waals surface area contributed by atoms with E-state index in [1.54, 1.807) is 18.6 Å². The van der Waals surface area contributed by atoms with Gasteiger partial charge in [-0.15, -0.1) is 0 Å². The number of imidazole rings is 1. The van der Waals surface area contributed by atoms with Crippen LogP contribution in [0.15, 0.2) is 55.1 Å². The molecule has 0 saturated carbocycles. The highest BCUT2D eigenvalue weighted by molar-refractivity contribution is 5.82. The molecule has 3 rings (SSSR count). The third kappa shape index (κ3) is 5.48. The van der Waals surface area contributed by atoms with Gasteiger partial charge in [0.1, 0.15) is 23.4 Å². The Morgan fingerprint density at radius 1 is 1.23 bits per heavy atom. The van der Waals surface area contributed by atoms with Crippen LogP contribution in [0.5, 0.6) is 0 Å². The number of nitrogens with one attached hydrogen (secondary N) is 1. The topological polar surface area (TPSA) is 98.7 Å². The Morgan fingerprint density at radius 2 is 2.00 bits per heavy atom. The summed E-state index contributed by atoms with van der Waals surface area (Å²) in [5, 5.41) is 2.65. The number of nitrogens with two attached hydrogens (primary N) is 1. The molecule has 0 saturated heterocycles. The van der Waals surface area contributed by atoms with Crippen LogP contribution >= 0.6 is 0 Å². The minimum atomic E-state index is -1.26. The van der Waals surface area contributed by atoms with Crippen LogP contribution < -0.4 is 11.1 Å². The molecule has 0 fully saturated rings. The zero-order chi connectivity index (χ0) is 21.6. The maximum absolute atomic E-state index is 13.4. The molecule has 2 aromatic heterocycles. The maximum atomic E-state index is 13.4. The van der Waals surface area contributed by atoms with E-state index in [1.807, 2.05) is 54.9 Å². The summed E-state index contributed by atoms with van der Waals surface area (Å²) in [7, 11) is 0. The summed E-state index contributed by atoms with van der Waals surface area (Å²) in [6, 6.07) is 10.0. The van der Waals surface area contributed by atoms with E-state index in [9.17, 15) is 9.18 Å². The van der Waals surface area contributed by atoms with E-state index in [4.69, 9.17) is 10.7 Å². The molecule has 0 radical (unpaired) electrons. The molecule has 0 aliphatic carbocycles. The van der Waals surface area contributed by atoms with Crippen LogP contribution in [0, 0.1) is 5.41 Å². The molecule has 3 N–H and O–H groups in total. The van der Waals surface area contributed by atoms with Gasteiger partial charge in [0.25, 0.3) is 0 Å². The average Bonchev–Trinajstić information content (AvgIpc) is 3.14. The summed E-state index contributed by atoms with van der Waals surface area (Å²) in [5.41, 5.74) is 6.98. The Kier molecular flexibility index (Phi) is 6.89. The first-order valence-corrected chi connectivity index (χ1v) is 9.88. The van der Waals surface area contributed by atoms with Gasteiger partial charge in [0.05, 0.1) is 18.2 Å². The molecule has 0 spiro atoms. The van der Waals surface area contributed by atoms with Gasteiger partial charge in [-0.25, -0.2) is 9.37 Å².